The van der Waals surface area contributed by atoms with Gasteiger partial charge >= 0.3 is 0 Å². The Morgan fingerprint density at radius 3 is 2.24 bits per heavy atom. The van der Waals surface area contributed by atoms with Gasteiger partial charge in [-0.1, -0.05) is 60.7 Å². The lowest BCUT2D eigenvalue weighted by atomic mass is 10.1. The van der Waals surface area contributed by atoms with Crippen LogP contribution in [0.3, 0.4) is 0 Å². The van der Waals surface area contributed by atoms with Crippen molar-refractivity contribution in [1.29, 1.82) is 0 Å². The summed E-state index contributed by atoms with van der Waals surface area (Å²) in [4.78, 5) is 12.9. The van der Waals surface area contributed by atoms with Crippen LogP contribution in [0.2, 0.25) is 0 Å². The topological polar surface area (TPSA) is 88.1 Å². The number of carbonyl (C=O) groups is 1. The zero-order valence-electron chi connectivity index (χ0n) is 21.2. The number of hydrogen-bond donors (Lipinski definition) is 1. The van der Waals surface area contributed by atoms with Crippen LogP contribution in [0.15, 0.2) is 113 Å². The molecule has 0 aliphatic carbocycles. The molecule has 0 aliphatic rings. The maximum absolute atomic E-state index is 13.5. The minimum Gasteiger partial charge on any atom is -0.489 e. The van der Waals surface area contributed by atoms with Gasteiger partial charge in [0.25, 0.3) is 15.9 Å². The Morgan fingerprint density at radius 1 is 0.895 bits per heavy atom. The number of nitrogens with zero attached hydrogens (tertiary/aromatic N) is 2. The monoisotopic (exact) mass is 527 g/mol. The summed E-state index contributed by atoms with van der Waals surface area (Å²) in [5.74, 6) is 0.148. The third kappa shape index (κ3) is 6.86. The summed E-state index contributed by atoms with van der Waals surface area (Å²) in [5.41, 5.74) is 6.33. The molecular weight excluding hydrogens is 498 g/mol. The van der Waals surface area contributed by atoms with Crippen LogP contribution in [0.1, 0.15) is 22.3 Å². The van der Waals surface area contributed by atoms with Crippen LogP contribution in [0.4, 0.5) is 5.69 Å². The van der Waals surface area contributed by atoms with Gasteiger partial charge in [0, 0.05) is 0 Å². The van der Waals surface area contributed by atoms with Gasteiger partial charge in [-0.25, -0.2) is 13.8 Å². The predicted octanol–water partition coefficient (Wildman–Crippen LogP) is 5.23. The van der Waals surface area contributed by atoms with Gasteiger partial charge in [0.15, 0.2) is 0 Å². The summed E-state index contributed by atoms with van der Waals surface area (Å²) in [6.07, 6.45) is 1.49. The van der Waals surface area contributed by atoms with Crippen LogP contribution in [0.5, 0.6) is 5.75 Å². The molecule has 8 heteroatoms. The number of amides is 1. The fourth-order valence-corrected chi connectivity index (χ4v) is 5.24. The molecule has 0 bridgehead atoms. The Kier molecular flexibility index (Phi) is 8.55. The summed E-state index contributed by atoms with van der Waals surface area (Å²) >= 11 is 0. The molecule has 0 saturated heterocycles. The highest BCUT2D eigenvalue weighted by Crippen LogP contribution is 2.27. The molecule has 1 amide bonds. The van der Waals surface area contributed by atoms with E-state index in [0.717, 1.165) is 26.6 Å². The van der Waals surface area contributed by atoms with E-state index in [1.807, 2.05) is 80.6 Å². The summed E-state index contributed by atoms with van der Waals surface area (Å²) < 4.78 is 33.9. The van der Waals surface area contributed by atoms with Crippen molar-refractivity contribution in [2.24, 2.45) is 5.10 Å². The predicted molar refractivity (Wildman–Crippen MR) is 150 cm³/mol. The molecule has 0 unspecified atom stereocenters. The number of ether oxygens (including phenoxy) is 1. The van der Waals surface area contributed by atoms with Crippen molar-refractivity contribution < 1.29 is 17.9 Å². The van der Waals surface area contributed by atoms with E-state index < -0.39 is 22.5 Å². The van der Waals surface area contributed by atoms with Crippen LogP contribution in [0, 0.1) is 13.8 Å². The first-order valence-electron chi connectivity index (χ1n) is 12.1. The van der Waals surface area contributed by atoms with E-state index in [4.69, 9.17) is 4.74 Å². The molecule has 0 spiro atoms. The second kappa shape index (κ2) is 12.2. The van der Waals surface area contributed by atoms with Crippen molar-refractivity contribution >= 4 is 27.8 Å². The quantitative estimate of drug-likeness (QED) is 0.226. The molecule has 4 aromatic rings. The van der Waals surface area contributed by atoms with Gasteiger partial charge in [0.05, 0.1) is 16.8 Å². The highest BCUT2D eigenvalue weighted by atomic mass is 32.2. The maximum Gasteiger partial charge on any atom is 0.264 e. The lowest BCUT2D eigenvalue weighted by Gasteiger charge is -2.25. The van der Waals surface area contributed by atoms with Crippen molar-refractivity contribution in [2.45, 2.75) is 25.3 Å². The number of anilines is 1. The van der Waals surface area contributed by atoms with Gasteiger partial charge < -0.3 is 4.74 Å². The molecule has 4 rings (SSSR count). The van der Waals surface area contributed by atoms with E-state index in [1.54, 1.807) is 24.3 Å². The lowest BCUT2D eigenvalue weighted by Crippen LogP contribution is -2.40. The number of rotatable bonds is 10. The third-order valence-corrected chi connectivity index (χ3v) is 7.56. The first kappa shape index (κ1) is 26.6. The van der Waals surface area contributed by atoms with Crippen LogP contribution in [-0.2, 0) is 21.4 Å². The molecule has 4 aromatic carbocycles. The molecular formula is C30H29N3O4S. The van der Waals surface area contributed by atoms with Gasteiger partial charge in [0.1, 0.15) is 18.9 Å². The molecule has 0 saturated carbocycles. The highest BCUT2D eigenvalue weighted by molar-refractivity contribution is 7.92. The first-order chi connectivity index (χ1) is 18.3. The molecule has 0 fully saturated rings. The number of carbonyl (C=O) groups excluding carboxylic acids is 1. The van der Waals surface area contributed by atoms with Crippen LogP contribution in [-0.4, -0.2) is 27.1 Å². The Morgan fingerprint density at radius 2 is 1.55 bits per heavy atom. The van der Waals surface area contributed by atoms with Crippen LogP contribution < -0.4 is 14.5 Å². The van der Waals surface area contributed by atoms with Crippen molar-refractivity contribution in [2.75, 3.05) is 10.8 Å². The van der Waals surface area contributed by atoms with E-state index in [-0.39, 0.29) is 4.90 Å². The molecule has 0 aliphatic heterocycles. The summed E-state index contributed by atoms with van der Waals surface area (Å²) in [5, 5.41) is 4.02. The summed E-state index contributed by atoms with van der Waals surface area (Å²) in [6.45, 7) is 3.72. The highest BCUT2D eigenvalue weighted by Gasteiger charge is 2.28. The van der Waals surface area contributed by atoms with E-state index in [0.29, 0.717) is 18.0 Å². The Hall–Kier alpha value is -4.43. The number of aryl methyl sites for hydroxylation is 2. The fraction of sp³-hybridized carbons (Fsp3) is 0.133. The fourth-order valence-electron chi connectivity index (χ4n) is 3.74. The molecule has 0 heterocycles. The Labute approximate surface area is 223 Å². The second-order valence-electron chi connectivity index (χ2n) is 8.75. The van der Waals surface area contributed by atoms with Gasteiger partial charge in [-0.2, -0.15) is 5.10 Å². The van der Waals surface area contributed by atoms with Crippen molar-refractivity contribution in [3.8, 4) is 5.75 Å². The van der Waals surface area contributed by atoms with Crippen LogP contribution >= 0.6 is 0 Å². The van der Waals surface area contributed by atoms with Crippen molar-refractivity contribution in [3.63, 3.8) is 0 Å². The average molecular weight is 528 g/mol. The summed E-state index contributed by atoms with van der Waals surface area (Å²) in [6, 6.07) is 30.7. The van der Waals surface area contributed by atoms with Gasteiger partial charge in [-0.15, -0.1) is 0 Å². The third-order valence-electron chi connectivity index (χ3n) is 5.78. The van der Waals surface area contributed by atoms with Gasteiger partial charge in [-0.05, 0) is 78.6 Å². The molecule has 0 aromatic heterocycles. The smallest absolute Gasteiger partial charge is 0.264 e. The molecule has 38 heavy (non-hydrogen) atoms. The number of benzene rings is 4. The number of sulfonamides is 1. The van der Waals surface area contributed by atoms with Crippen molar-refractivity contribution in [3.05, 3.63) is 125 Å². The Balaban J connectivity index is 1.43. The summed E-state index contributed by atoms with van der Waals surface area (Å²) in [7, 11) is -3.99. The minimum atomic E-state index is -3.99. The number of hydrazone groups is 1. The first-order valence-corrected chi connectivity index (χ1v) is 13.5. The zero-order valence-corrected chi connectivity index (χ0v) is 22.1. The van der Waals surface area contributed by atoms with E-state index in [9.17, 15) is 13.2 Å². The minimum absolute atomic E-state index is 0.104. The largest absolute Gasteiger partial charge is 0.489 e. The van der Waals surface area contributed by atoms with E-state index in [1.165, 1.54) is 18.3 Å². The molecule has 0 radical (unpaired) electrons. The van der Waals surface area contributed by atoms with Crippen LogP contribution in [0.25, 0.3) is 0 Å². The maximum atomic E-state index is 13.5. The van der Waals surface area contributed by atoms with Gasteiger partial charge in [-0.3, -0.25) is 9.10 Å². The zero-order chi connectivity index (χ0) is 27.0. The molecule has 0 atom stereocenters. The van der Waals surface area contributed by atoms with E-state index in [2.05, 4.69) is 10.5 Å². The standard InChI is InChI=1S/C30H29N3O4S/c1-23-13-14-24(2)29(19-23)33(38(35,36)28-11-7-4-8-12-28)21-30(34)32-31-20-25-15-17-27(18-16-25)37-22-26-9-5-3-6-10-26/h3-20H,21-22H2,1-2H3,(H,32,34)/b31-20-. The molecule has 194 valence electrons. The average Bonchev–Trinajstić information content (AvgIpc) is 2.94. The van der Waals surface area contributed by atoms with E-state index >= 15 is 0 Å². The Bertz CT molecular complexity index is 1500. The van der Waals surface area contributed by atoms with Crippen molar-refractivity contribution in [1.82, 2.24) is 5.43 Å². The lowest BCUT2D eigenvalue weighted by molar-refractivity contribution is -0.119. The molecule has 1 N–H and O–H groups in total. The number of nitrogens with one attached hydrogen (secondary N) is 1. The second-order valence-corrected chi connectivity index (χ2v) is 10.6. The normalized spacial score (nSPS) is 11.3. The SMILES string of the molecule is Cc1ccc(C)c(N(CC(=O)N/N=C\c2ccc(OCc3ccccc3)cc2)S(=O)(=O)c2ccccc2)c1. The molecule has 7 nitrogen and oxygen atoms in total. The number of hydrogen-bond acceptors (Lipinski definition) is 5. The van der Waals surface area contributed by atoms with Gasteiger partial charge in [0.2, 0.25) is 0 Å².